The summed E-state index contributed by atoms with van der Waals surface area (Å²) in [5, 5.41) is 9.50. The summed E-state index contributed by atoms with van der Waals surface area (Å²) in [6.45, 7) is 1.97. The molecule has 1 aliphatic heterocycles. The van der Waals surface area contributed by atoms with Crippen LogP contribution in [0.15, 0.2) is 30.3 Å². The first-order valence-corrected chi connectivity index (χ1v) is 4.71. The number of benzene rings is 1. The lowest BCUT2D eigenvalue weighted by Crippen LogP contribution is -2.13. The maximum atomic E-state index is 9.50. The zero-order chi connectivity index (χ0) is 9.26. The molecular formula is C11H14O2. The van der Waals surface area contributed by atoms with Crippen molar-refractivity contribution in [1.29, 1.82) is 0 Å². The van der Waals surface area contributed by atoms with Crippen LogP contribution in [0.4, 0.5) is 0 Å². The molecule has 0 saturated carbocycles. The summed E-state index contributed by atoms with van der Waals surface area (Å²) in [6.07, 6.45) is 0.585. The number of ether oxygens (including phenoxy) is 1. The Morgan fingerprint density at radius 3 is 2.69 bits per heavy atom. The normalized spacial score (nSPS) is 28.5. The van der Waals surface area contributed by atoms with Gasteiger partial charge in [-0.1, -0.05) is 37.3 Å². The standard InChI is InChI=1S/C11H14O2/c1-2-9(12)11-10(13-11)8-6-4-3-5-7-8/h3-7,9-12H,2H2,1H3. The van der Waals surface area contributed by atoms with Crippen LogP contribution in [0.1, 0.15) is 25.0 Å². The average molecular weight is 178 g/mol. The van der Waals surface area contributed by atoms with Gasteiger partial charge in [0, 0.05) is 0 Å². The third-order valence-electron chi connectivity index (χ3n) is 2.45. The summed E-state index contributed by atoms with van der Waals surface area (Å²) in [5.74, 6) is 0. The van der Waals surface area contributed by atoms with E-state index in [-0.39, 0.29) is 18.3 Å². The molecule has 2 heteroatoms. The van der Waals surface area contributed by atoms with E-state index in [2.05, 4.69) is 0 Å². The van der Waals surface area contributed by atoms with Crippen LogP contribution in [-0.2, 0) is 4.74 Å². The molecule has 1 N–H and O–H groups in total. The van der Waals surface area contributed by atoms with Gasteiger partial charge in [0.05, 0.1) is 6.10 Å². The molecule has 1 fully saturated rings. The highest BCUT2D eigenvalue weighted by Crippen LogP contribution is 2.41. The van der Waals surface area contributed by atoms with Crippen LogP contribution >= 0.6 is 0 Å². The molecule has 1 aromatic carbocycles. The SMILES string of the molecule is CCC(O)C1OC1c1ccccc1. The number of aliphatic hydroxyl groups excluding tert-OH is 1. The second kappa shape index (κ2) is 3.48. The Labute approximate surface area is 78.2 Å². The van der Waals surface area contributed by atoms with Gasteiger partial charge in [-0.3, -0.25) is 0 Å². The maximum absolute atomic E-state index is 9.50. The highest BCUT2D eigenvalue weighted by molar-refractivity contribution is 5.22. The van der Waals surface area contributed by atoms with Crippen molar-refractivity contribution in [3.8, 4) is 0 Å². The fraction of sp³-hybridized carbons (Fsp3) is 0.455. The molecule has 3 unspecified atom stereocenters. The third-order valence-corrected chi connectivity index (χ3v) is 2.45. The Balaban J connectivity index is 2.00. The van der Waals surface area contributed by atoms with E-state index in [1.54, 1.807) is 0 Å². The molecule has 0 amide bonds. The fourth-order valence-corrected chi connectivity index (χ4v) is 1.56. The summed E-state index contributed by atoms with van der Waals surface area (Å²) in [7, 11) is 0. The van der Waals surface area contributed by atoms with Crippen LogP contribution in [0.2, 0.25) is 0 Å². The molecular weight excluding hydrogens is 164 g/mol. The van der Waals surface area contributed by atoms with Crippen molar-refractivity contribution >= 4 is 0 Å². The number of aliphatic hydroxyl groups is 1. The second-order valence-corrected chi connectivity index (χ2v) is 3.41. The predicted molar refractivity (Wildman–Crippen MR) is 50.4 cm³/mol. The highest BCUT2D eigenvalue weighted by atomic mass is 16.6. The fourth-order valence-electron chi connectivity index (χ4n) is 1.56. The lowest BCUT2D eigenvalue weighted by atomic mass is 10.1. The monoisotopic (exact) mass is 178 g/mol. The molecule has 1 aliphatic rings. The Kier molecular flexibility index (Phi) is 2.34. The molecule has 1 heterocycles. The molecule has 1 aromatic rings. The highest BCUT2D eigenvalue weighted by Gasteiger charge is 2.44. The molecule has 2 rings (SSSR count). The van der Waals surface area contributed by atoms with Crippen molar-refractivity contribution in [2.45, 2.75) is 31.7 Å². The van der Waals surface area contributed by atoms with E-state index in [9.17, 15) is 5.11 Å². The lowest BCUT2D eigenvalue weighted by Gasteiger charge is -2.01. The number of rotatable bonds is 3. The van der Waals surface area contributed by atoms with Gasteiger partial charge in [0.15, 0.2) is 0 Å². The summed E-state index contributed by atoms with van der Waals surface area (Å²) in [5.41, 5.74) is 1.17. The van der Waals surface area contributed by atoms with E-state index in [1.807, 2.05) is 37.3 Å². The summed E-state index contributed by atoms with van der Waals surface area (Å²) < 4.78 is 5.41. The van der Waals surface area contributed by atoms with E-state index in [1.165, 1.54) is 5.56 Å². The molecule has 70 valence electrons. The first-order chi connectivity index (χ1) is 6.33. The first kappa shape index (κ1) is 8.73. The van der Waals surface area contributed by atoms with Gasteiger partial charge in [-0.25, -0.2) is 0 Å². The molecule has 0 radical (unpaired) electrons. The van der Waals surface area contributed by atoms with E-state index in [4.69, 9.17) is 4.74 Å². The molecule has 3 atom stereocenters. The molecule has 1 saturated heterocycles. The van der Waals surface area contributed by atoms with Crippen LogP contribution in [0.3, 0.4) is 0 Å². The van der Waals surface area contributed by atoms with E-state index in [0.29, 0.717) is 0 Å². The second-order valence-electron chi connectivity index (χ2n) is 3.41. The minimum absolute atomic E-state index is 0.0207. The van der Waals surface area contributed by atoms with Gasteiger partial charge in [-0.2, -0.15) is 0 Å². The topological polar surface area (TPSA) is 32.8 Å². The number of epoxide rings is 1. The molecule has 0 bridgehead atoms. The maximum Gasteiger partial charge on any atom is 0.115 e. The Bertz CT molecular complexity index is 271. The minimum Gasteiger partial charge on any atom is -0.390 e. The van der Waals surface area contributed by atoms with Crippen molar-refractivity contribution in [2.75, 3.05) is 0 Å². The van der Waals surface area contributed by atoms with Crippen molar-refractivity contribution in [1.82, 2.24) is 0 Å². The van der Waals surface area contributed by atoms with Crippen molar-refractivity contribution in [3.63, 3.8) is 0 Å². The van der Waals surface area contributed by atoms with Crippen molar-refractivity contribution in [3.05, 3.63) is 35.9 Å². The van der Waals surface area contributed by atoms with Gasteiger partial charge in [0.2, 0.25) is 0 Å². The number of hydrogen-bond donors (Lipinski definition) is 1. The van der Waals surface area contributed by atoms with Gasteiger partial charge in [0.1, 0.15) is 12.2 Å². The average Bonchev–Trinajstić information content (AvgIpc) is 2.98. The van der Waals surface area contributed by atoms with Crippen molar-refractivity contribution < 1.29 is 9.84 Å². The number of hydrogen-bond acceptors (Lipinski definition) is 2. The molecule has 2 nitrogen and oxygen atoms in total. The smallest absolute Gasteiger partial charge is 0.115 e. The van der Waals surface area contributed by atoms with E-state index < -0.39 is 0 Å². The molecule has 13 heavy (non-hydrogen) atoms. The molecule has 0 aromatic heterocycles. The summed E-state index contributed by atoms with van der Waals surface area (Å²) >= 11 is 0. The van der Waals surface area contributed by atoms with E-state index >= 15 is 0 Å². The lowest BCUT2D eigenvalue weighted by molar-refractivity contribution is 0.131. The summed E-state index contributed by atoms with van der Waals surface area (Å²) in [4.78, 5) is 0. The zero-order valence-electron chi connectivity index (χ0n) is 7.68. The Hall–Kier alpha value is -0.860. The minimum atomic E-state index is -0.315. The molecule has 0 spiro atoms. The van der Waals surface area contributed by atoms with E-state index in [0.717, 1.165) is 6.42 Å². The van der Waals surface area contributed by atoms with Gasteiger partial charge < -0.3 is 9.84 Å². The van der Waals surface area contributed by atoms with Crippen LogP contribution < -0.4 is 0 Å². The van der Waals surface area contributed by atoms with Gasteiger partial charge in [-0.05, 0) is 12.0 Å². The quantitative estimate of drug-likeness (QED) is 0.717. The van der Waals surface area contributed by atoms with Crippen LogP contribution in [-0.4, -0.2) is 17.3 Å². The van der Waals surface area contributed by atoms with Gasteiger partial charge in [-0.15, -0.1) is 0 Å². The molecule has 0 aliphatic carbocycles. The van der Waals surface area contributed by atoms with Crippen molar-refractivity contribution in [2.24, 2.45) is 0 Å². The summed E-state index contributed by atoms with van der Waals surface area (Å²) in [6, 6.07) is 10.0. The predicted octanol–water partition coefficient (Wildman–Crippen LogP) is 1.90. The van der Waals surface area contributed by atoms with Crippen LogP contribution in [0.25, 0.3) is 0 Å². The Morgan fingerprint density at radius 1 is 1.38 bits per heavy atom. The first-order valence-electron chi connectivity index (χ1n) is 4.71. The van der Waals surface area contributed by atoms with Crippen LogP contribution in [0, 0.1) is 0 Å². The van der Waals surface area contributed by atoms with Gasteiger partial charge in [0.25, 0.3) is 0 Å². The largest absolute Gasteiger partial charge is 0.390 e. The van der Waals surface area contributed by atoms with Gasteiger partial charge >= 0.3 is 0 Å². The van der Waals surface area contributed by atoms with Crippen LogP contribution in [0.5, 0.6) is 0 Å². The Morgan fingerprint density at radius 2 is 2.08 bits per heavy atom. The zero-order valence-corrected chi connectivity index (χ0v) is 7.68. The third kappa shape index (κ3) is 1.74.